The summed E-state index contributed by atoms with van der Waals surface area (Å²) >= 11 is 3.43. The Bertz CT molecular complexity index is 279. The van der Waals surface area contributed by atoms with Crippen molar-refractivity contribution in [3.63, 3.8) is 0 Å². The fourth-order valence-corrected chi connectivity index (χ4v) is 3.45. The lowest BCUT2D eigenvalue weighted by molar-refractivity contribution is -0.148. The van der Waals surface area contributed by atoms with E-state index in [4.69, 9.17) is 0 Å². The Kier molecular flexibility index (Phi) is 2.10. The first kappa shape index (κ1) is 9.96. The van der Waals surface area contributed by atoms with E-state index >= 15 is 0 Å². The number of hydrogen-bond donors (Lipinski definition) is 0. The van der Waals surface area contributed by atoms with Gasteiger partial charge >= 0.3 is 11.9 Å². The van der Waals surface area contributed by atoms with Gasteiger partial charge in [-0.25, -0.2) is 0 Å². The Balaban J connectivity index is 2.13. The van der Waals surface area contributed by atoms with Crippen molar-refractivity contribution < 1.29 is 19.1 Å². The number of esters is 2. The van der Waals surface area contributed by atoms with Gasteiger partial charge in [0.25, 0.3) is 0 Å². The Morgan fingerprint density at radius 2 is 1.57 bits per heavy atom. The van der Waals surface area contributed by atoms with Crippen LogP contribution in [0.15, 0.2) is 0 Å². The first-order chi connectivity index (χ1) is 6.59. The lowest BCUT2D eigenvalue weighted by atomic mass is 10.3. The molecule has 2 rings (SSSR count). The van der Waals surface area contributed by atoms with Crippen molar-refractivity contribution in [2.75, 3.05) is 14.2 Å². The molecular weight excluding hydrogens is 252 g/mol. The highest BCUT2D eigenvalue weighted by molar-refractivity contribution is 9.09. The lowest BCUT2D eigenvalue weighted by Crippen LogP contribution is -2.10. The van der Waals surface area contributed by atoms with Gasteiger partial charge in [0, 0.05) is 10.2 Å². The number of halogens is 1. The highest BCUT2D eigenvalue weighted by Crippen LogP contribution is 2.77. The van der Waals surface area contributed by atoms with E-state index in [9.17, 15) is 9.59 Å². The monoisotopic (exact) mass is 262 g/mol. The second-order valence-corrected chi connectivity index (χ2v) is 4.89. The summed E-state index contributed by atoms with van der Waals surface area (Å²) in [7, 11) is 2.68. The summed E-state index contributed by atoms with van der Waals surface area (Å²) in [6.45, 7) is 0. The zero-order chi connectivity index (χ0) is 10.5. The number of ether oxygens (including phenoxy) is 2. The van der Waals surface area contributed by atoms with Crippen molar-refractivity contribution in [2.45, 2.75) is 11.2 Å². The highest BCUT2D eigenvalue weighted by atomic mass is 79.9. The van der Waals surface area contributed by atoms with Gasteiger partial charge in [-0.15, -0.1) is 0 Å². The highest BCUT2D eigenvalue weighted by Gasteiger charge is 2.83. The molecule has 0 saturated heterocycles. The molecule has 2 saturated carbocycles. The fraction of sp³-hybridized carbons (Fsp3) is 0.778. The predicted octanol–water partition coefficient (Wildman–Crippen LogP) is 0.732. The molecule has 0 bridgehead atoms. The van der Waals surface area contributed by atoms with Crippen LogP contribution in [0.3, 0.4) is 0 Å². The molecule has 3 atom stereocenters. The average Bonchev–Trinajstić information content (AvgIpc) is 3.03. The minimum absolute atomic E-state index is 0.194. The first-order valence-corrected chi connectivity index (χ1v) is 5.31. The van der Waals surface area contributed by atoms with E-state index in [1.165, 1.54) is 14.2 Å². The molecule has 2 fully saturated rings. The maximum absolute atomic E-state index is 11.4. The Morgan fingerprint density at radius 1 is 1.21 bits per heavy atom. The third-order valence-corrected chi connectivity index (χ3v) is 4.42. The molecule has 0 radical (unpaired) electrons. The molecule has 0 aromatic heterocycles. The van der Waals surface area contributed by atoms with Gasteiger partial charge in [-0.3, -0.25) is 9.59 Å². The summed E-state index contributed by atoms with van der Waals surface area (Å²) in [5.41, 5.74) is -0.194. The number of hydrogen-bond acceptors (Lipinski definition) is 4. The normalized spacial score (nSPS) is 43.2. The Hall–Kier alpha value is -0.580. The topological polar surface area (TPSA) is 52.6 Å². The van der Waals surface area contributed by atoms with Crippen LogP contribution in [0.4, 0.5) is 0 Å². The maximum atomic E-state index is 11.4. The Morgan fingerprint density at radius 3 is 1.79 bits per heavy atom. The average molecular weight is 263 g/mol. The quantitative estimate of drug-likeness (QED) is 0.544. The third kappa shape index (κ3) is 1.05. The number of carbonyl (C=O) groups excluding carboxylic acids is 2. The van der Waals surface area contributed by atoms with E-state index in [0.29, 0.717) is 0 Å². The minimum atomic E-state index is -0.303. The SMILES string of the molecule is COC(=O)[C@H]1[C@H](C(=O)OC)C12CC2Br. The molecule has 14 heavy (non-hydrogen) atoms. The molecule has 0 aromatic rings. The number of alkyl halides is 1. The van der Waals surface area contributed by atoms with Crippen molar-refractivity contribution in [1.29, 1.82) is 0 Å². The summed E-state index contributed by atoms with van der Waals surface area (Å²) in [5.74, 6) is -1.21. The predicted molar refractivity (Wildman–Crippen MR) is 50.8 cm³/mol. The van der Waals surface area contributed by atoms with E-state index in [2.05, 4.69) is 25.4 Å². The van der Waals surface area contributed by atoms with Gasteiger partial charge in [0.15, 0.2) is 0 Å². The van der Waals surface area contributed by atoms with Gasteiger partial charge in [-0.2, -0.15) is 0 Å². The van der Waals surface area contributed by atoms with Crippen molar-refractivity contribution >= 4 is 27.9 Å². The van der Waals surface area contributed by atoms with E-state index in [-0.39, 0.29) is 34.0 Å². The van der Waals surface area contributed by atoms with Crippen LogP contribution in [0.25, 0.3) is 0 Å². The van der Waals surface area contributed by atoms with E-state index in [0.717, 1.165) is 6.42 Å². The van der Waals surface area contributed by atoms with E-state index < -0.39 is 0 Å². The molecule has 1 spiro atoms. The number of methoxy groups -OCH3 is 2. The molecular formula is C9H11BrO4. The molecule has 4 nitrogen and oxygen atoms in total. The van der Waals surface area contributed by atoms with Gasteiger partial charge < -0.3 is 9.47 Å². The van der Waals surface area contributed by atoms with Crippen LogP contribution in [0.5, 0.6) is 0 Å². The molecule has 0 amide bonds. The summed E-state index contributed by atoms with van der Waals surface area (Å²) in [6, 6.07) is 0. The third-order valence-electron chi connectivity index (χ3n) is 3.25. The van der Waals surface area contributed by atoms with Crippen LogP contribution >= 0.6 is 15.9 Å². The van der Waals surface area contributed by atoms with Crippen molar-refractivity contribution in [3.05, 3.63) is 0 Å². The maximum Gasteiger partial charge on any atom is 0.310 e. The van der Waals surface area contributed by atoms with Crippen LogP contribution in [-0.2, 0) is 19.1 Å². The van der Waals surface area contributed by atoms with Crippen LogP contribution in [0.1, 0.15) is 6.42 Å². The van der Waals surface area contributed by atoms with E-state index in [1.54, 1.807) is 0 Å². The van der Waals surface area contributed by atoms with Gasteiger partial charge in [0.1, 0.15) is 0 Å². The smallest absolute Gasteiger partial charge is 0.310 e. The fourth-order valence-electron chi connectivity index (χ4n) is 2.32. The molecule has 0 heterocycles. The van der Waals surface area contributed by atoms with Gasteiger partial charge in [0.2, 0.25) is 0 Å². The summed E-state index contributed by atoms with van der Waals surface area (Å²) in [5, 5.41) is 0. The molecule has 1 unspecified atom stereocenters. The molecule has 5 heteroatoms. The molecule has 0 aromatic carbocycles. The number of rotatable bonds is 2. The van der Waals surface area contributed by atoms with Gasteiger partial charge in [-0.1, -0.05) is 15.9 Å². The van der Waals surface area contributed by atoms with Crippen molar-refractivity contribution in [1.82, 2.24) is 0 Å². The molecule has 78 valence electrons. The molecule has 2 aliphatic rings. The summed E-state index contributed by atoms with van der Waals surface area (Å²) in [4.78, 5) is 23.0. The summed E-state index contributed by atoms with van der Waals surface area (Å²) < 4.78 is 9.31. The Labute approximate surface area is 90.1 Å². The first-order valence-electron chi connectivity index (χ1n) is 4.39. The van der Waals surface area contributed by atoms with Crippen LogP contribution in [0, 0.1) is 17.3 Å². The minimum Gasteiger partial charge on any atom is -0.469 e. The number of carbonyl (C=O) groups is 2. The molecule has 0 N–H and O–H groups in total. The van der Waals surface area contributed by atoms with Crippen molar-refractivity contribution in [2.24, 2.45) is 17.3 Å². The van der Waals surface area contributed by atoms with Crippen LogP contribution in [-0.4, -0.2) is 31.0 Å². The van der Waals surface area contributed by atoms with Gasteiger partial charge in [0.05, 0.1) is 26.1 Å². The van der Waals surface area contributed by atoms with Crippen molar-refractivity contribution in [3.8, 4) is 0 Å². The van der Waals surface area contributed by atoms with Gasteiger partial charge in [-0.05, 0) is 6.42 Å². The second-order valence-electron chi connectivity index (χ2n) is 3.79. The van der Waals surface area contributed by atoms with Crippen LogP contribution in [0.2, 0.25) is 0 Å². The second kappa shape index (κ2) is 2.95. The van der Waals surface area contributed by atoms with Crippen LogP contribution < -0.4 is 0 Å². The summed E-state index contributed by atoms with van der Waals surface area (Å²) in [6.07, 6.45) is 0.854. The standard InChI is InChI=1S/C9H11BrO4/c1-13-7(11)5-6(8(12)14-2)9(5)3-4(9)10/h4-6H,3H2,1-2H3/t4?,5-,6-/m1/s1. The molecule has 2 aliphatic carbocycles. The zero-order valence-corrected chi connectivity index (χ0v) is 9.54. The molecule has 0 aliphatic heterocycles. The van der Waals surface area contributed by atoms with E-state index in [1.807, 2.05) is 0 Å². The largest absolute Gasteiger partial charge is 0.469 e. The zero-order valence-electron chi connectivity index (χ0n) is 7.95. The lowest BCUT2D eigenvalue weighted by Gasteiger charge is -1.95.